The van der Waals surface area contributed by atoms with Gasteiger partial charge in [0.2, 0.25) is 0 Å². The lowest BCUT2D eigenvalue weighted by Gasteiger charge is -2.16. The second-order valence-corrected chi connectivity index (χ2v) is 7.08. The molecule has 0 unspecified atom stereocenters. The van der Waals surface area contributed by atoms with E-state index in [-0.39, 0.29) is 0 Å². The number of carbonyl (C=O) groups excluding carboxylic acids is 1. The summed E-state index contributed by atoms with van der Waals surface area (Å²) < 4.78 is 2.38. The van der Waals surface area contributed by atoms with Gasteiger partial charge in [-0.1, -0.05) is 30.3 Å². The molecule has 0 saturated carbocycles. The van der Waals surface area contributed by atoms with Crippen LogP contribution in [0.5, 0.6) is 0 Å². The summed E-state index contributed by atoms with van der Waals surface area (Å²) in [5.41, 5.74) is 7.33. The molecule has 0 atom stereocenters. The second-order valence-electron chi connectivity index (χ2n) is 5.97. The summed E-state index contributed by atoms with van der Waals surface area (Å²) in [5, 5.41) is 10.2. The van der Waals surface area contributed by atoms with Crippen molar-refractivity contribution in [3.8, 4) is 0 Å². The largest absolute Gasteiger partial charge is 0.340 e. The molecule has 1 aromatic heterocycles. The van der Waals surface area contributed by atoms with E-state index in [2.05, 4.69) is 28.8 Å². The van der Waals surface area contributed by atoms with Gasteiger partial charge >= 0.3 is 0 Å². The van der Waals surface area contributed by atoms with Crippen molar-refractivity contribution in [2.45, 2.75) is 18.7 Å². The highest BCUT2D eigenvalue weighted by atomic mass is 32.2. The minimum absolute atomic E-state index is 0.468. The number of aromatic nitrogens is 1. The maximum atomic E-state index is 11.6. The van der Waals surface area contributed by atoms with Crippen LogP contribution in [0.25, 0.3) is 10.9 Å². The van der Waals surface area contributed by atoms with E-state index in [0.29, 0.717) is 5.56 Å². The lowest BCUT2D eigenvalue weighted by atomic mass is 10.1. The zero-order valence-corrected chi connectivity index (χ0v) is 14.0. The first kappa shape index (κ1) is 15.3. The molecule has 1 amide bonds. The number of para-hydroxylation sites is 1. The van der Waals surface area contributed by atoms with Crippen LogP contribution in [0.15, 0.2) is 48.5 Å². The van der Waals surface area contributed by atoms with Crippen molar-refractivity contribution in [2.75, 3.05) is 5.75 Å². The molecule has 0 fully saturated rings. The van der Waals surface area contributed by atoms with Crippen molar-refractivity contribution in [3.05, 3.63) is 70.9 Å². The third kappa shape index (κ3) is 2.60. The number of amides is 1. The number of thioether (sulfide) groups is 1. The Labute approximate surface area is 144 Å². The van der Waals surface area contributed by atoms with Gasteiger partial charge in [-0.15, -0.1) is 0 Å². The molecule has 2 N–H and O–H groups in total. The van der Waals surface area contributed by atoms with E-state index in [4.69, 9.17) is 5.21 Å². The van der Waals surface area contributed by atoms with E-state index >= 15 is 0 Å². The van der Waals surface area contributed by atoms with Gasteiger partial charge in [0.1, 0.15) is 0 Å². The number of fused-ring (bicyclic) bond motifs is 3. The summed E-state index contributed by atoms with van der Waals surface area (Å²) in [6, 6.07) is 16.0. The normalized spacial score (nSPS) is 13.7. The standard InChI is InChI=1S/C19H18N2O2S/c22-19(20-23)14-5-3-4-13(10-14)11-21-17-7-2-1-6-15(17)16-12-24-9-8-18(16)21/h1-7,10,23H,8-9,11-12H2,(H,20,22). The van der Waals surface area contributed by atoms with Crippen LogP contribution in [0.2, 0.25) is 0 Å². The van der Waals surface area contributed by atoms with E-state index in [9.17, 15) is 4.79 Å². The van der Waals surface area contributed by atoms with Gasteiger partial charge < -0.3 is 4.57 Å². The number of hydrogen-bond acceptors (Lipinski definition) is 3. The summed E-state index contributed by atoms with van der Waals surface area (Å²) in [7, 11) is 0. The molecule has 0 aliphatic carbocycles. The van der Waals surface area contributed by atoms with Crippen LogP contribution in [-0.4, -0.2) is 21.4 Å². The minimum Gasteiger partial charge on any atom is -0.340 e. The first-order chi connectivity index (χ1) is 11.8. The summed E-state index contributed by atoms with van der Waals surface area (Å²) >= 11 is 1.99. The Balaban J connectivity index is 1.79. The fourth-order valence-corrected chi connectivity index (χ4v) is 4.46. The Kier molecular flexibility index (Phi) is 4.04. The summed E-state index contributed by atoms with van der Waals surface area (Å²) in [5.74, 6) is 1.74. The first-order valence-electron chi connectivity index (χ1n) is 7.98. The zero-order valence-electron chi connectivity index (χ0n) is 13.2. The van der Waals surface area contributed by atoms with E-state index < -0.39 is 5.91 Å². The van der Waals surface area contributed by atoms with Gasteiger partial charge in [-0.25, -0.2) is 5.48 Å². The van der Waals surface area contributed by atoms with Crippen LogP contribution in [0.4, 0.5) is 0 Å². The van der Waals surface area contributed by atoms with Crippen LogP contribution in [0.1, 0.15) is 27.2 Å². The number of nitrogens with zero attached hydrogens (tertiary/aromatic N) is 1. The minimum atomic E-state index is -0.479. The third-order valence-electron chi connectivity index (χ3n) is 4.56. The molecule has 1 aliphatic heterocycles. The number of rotatable bonds is 3. The Morgan fingerprint density at radius 3 is 2.96 bits per heavy atom. The predicted octanol–water partition coefficient (Wildman–Crippen LogP) is 3.60. The van der Waals surface area contributed by atoms with Gasteiger partial charge in [-0.05, 0) is 41.5 Å². The maximum Gasteiger partial charge on any atom is 0.274 e. The zero-order chi connectivity index (χ0) is 16.5. The predicted molar refractivity (Wildman–Crippen MR) is 96.6 cm³/mol. The van der Waals surface area contributed by atoms with Crippen molar-refractivity contribution >= 4 is 28.6 Å². The smallest absolute Gasteiger partial charge is 0.274 e. The topological polar surface area (TPSA) is 54.3 Å². The van der Waals surface area contributed by atoms with Crippen molar-refractivity contribution in [2.24, 2.45) is 0 Å². The maximum absolute atomic E-state index is 11.6. The molecule has 0 spiro atoms. The molecule has 2 aromatic carbocycles. The van der Waals surface area contributed by atoms with Gasteiger partial charge in [0.15, 0.2) is 0 Å². The van der Waals surface area contributed by atoms with Gasteiger partial charge in [-0.2, -0.15) is 11.8 Å². The monoisotopic (exact) mass is 338 g/mol. The average Bonchev–Trinajstić information content (AvgIpc) is 2.96. The summed E-state index contributed by atoms with van der Waals surface area (Å²) in [6.45, 7) is 0.729. The van der Waals surface area contributed by atoms with Crippen molar-refractivity contribution in [1.29, 1.82) is 0 Å². The van der Waals surface area contributed by atoms with Crippen LogP contribution in [0.3, 0.4) is 0 Å². The van der Waals surface area contributed by atoms with Gasteiger partial charge in [0, 0.05) is 34.5 Å². The molecule has 0 saturated heterocycles. The Hall–Kier alpha value is -2.24. The number of carbonyl (C=O) groups is 1. The number of nitrogens with one attached hydrogen (secondary N) is 1. The highest BCUT2D eigenvalue weighted by Crippen LogP contribution is 2.34. The second kappa shape index (κ2) is 6.34. The molecule has 3 aromatic rings. The van der Waals surface area contributed by atoms with Gasteiger partial charge in [-0.3, -0.25) is 10.0 Å². The van der Waals surface area contributed by atoms with Crippen LogP contribution < -0.4 is 5.48 Å². The molecular weight excluding hydrogens is 320 g/mol. The molecule has 2 heterocycles. The molecule has 122 valence electrons. The van der Waals surface area contributed by atoms with Crippen LogP contribution in [0, 0.1) is 0 Å². The molecule has 5 heteroatoms. The van der Waals surface area contributed by atoms with Crippen LogP contribution >= 0.6 is 11.8 Å². The SMILES string of the molecule is O=C(NO)c1cccc(Cn2c3c(c4ccccc42)CSCC3)c1. The van der Waals surface area contributed by atoms with E-state index in [1.165, 1.54) is 22.2 Å². The molecule has 1 aliphatic rings. The highest BCUT2D eigenvalue weighted by molar-refractivity contribution is 7.98. The molecular formula is C19H18N2O2S. The Morgan fingerprint density at radius 2 is 2.08 bits per heavy atom. The average molecular weight is 338 g/mol. The fourth-order valence-electron chi connectivity index (χ4n) is 3.46. The molecule has 4 rings (SSSR count). The van der Waals surface area contributed by atoms with Gasteiger partial charge in [0.05, 0.1) is 0 Å². The lowest BCUT2D eigenvalue weighted by Crippen LogP contribution is -2.18. The van der Waals surface area contributed by atoms with Crippen molar-refractivity contribution in [1.82, 2.24) is 10.0 Å². The molecule has 24 heavy (non-hydrogen) atoms. The molecule has 4 nitrogen and oxygen atoms in total. The lowest BCUT2D eigenvalue weighted by molar-refractivity contribution is 0.0706. The van der Waals surface area contributed by atoms with E-state index in [0.717, 1.165) is 30.0 Å². The quantitative estimate of drug-likeness (QED) is 0.567. The van der Waals surface area contributed by atoms with Crippen molar-refractivity contribution < 1.29 is 10.0 Å². The van der Waals surface area contributed by atoms with Gasteiger partial charge in [0.25, 0.3) is 5.91 Å². The number of benzene rings is 2. The third-order valence-corrected chi connectivity index (χ3v) is 5.54. The summed E-state index contributed by atoms with van der Waals surface area (Å²) in [4.78, 5) is 11.6. The fraction of sp³-hybridized carbons (Fsp3) is 0.211. The van der Waals surface area contributed by atoms with Crippen molar-refractivity contribution in [3.63, 3.8) is 0 Å². The number of hydrogen-bond donors (Lipinski definition) is 2. The van der Waals surface area contributed by atoms with E-state index in [1.54, 1.807) is 11.5 Å². The highest BCUT2D eigenvalue weighted by Gasteiger charge is 2.20. The molecule has 0 radical (unpaired) electrons. The van der Waals surface area contributed by atoms with E-state index in [1.807, 2.05) is 30.0 Å². The Morgan fingerprint density at radius 1 is 1.21 bits per heavy atom. The summed E-state index contributed by atoms with van der Waals surface area (Å²) in [6.07, 6.45) is 1.07. The molecule has 0 bridgehead atoms. The Bertz CT molecular complexity index is 917. The first-order valence-corrected chi connectivity index (χ1v) is 9.13. The number of hydroxylamine groups is 1. The van der Waals surface area contributed by atoms with Crippen LogP contribution in [-0.2, 0) is 18.7 Å².